The molecular formula is C16H19BrN4O2. The number of rotatable bonds is 4. The van der Waals surface area contributed by atoms with E-state index in [1.165, 1.54) is 0 Å². The Labute approximate surface area is 143 Å². The van der Waals surface area contributed by atoms with E-state index in [4.69, 9.17) is 0 Å². The van der Waals surface area contributed by atoms with Crippen LogP contribution in [-0.2, 0) is 6.54 Å². The van der Waals surface area contributed by atoms with Crippen molar-refractivity contribution in [2.45, 2.75) is 33.2 Å². The highest BCUT2D eigenvalue weighted by Gasteiger charge is 2.17. The van der Waals surface area contributed by atoms with E-state index in [-0.39, 0.29) is 5.92 Å². The van der Waals surface area contributed by atoms with Crippen LogP contribution in [0.4, 0.5) is 0 Å². The van der Waals surface area contributed by atoms with Crippen LogP contribution in [-0.4, -0.2) is 21.6 Å². The maximum Gasteiger partial charge on any atom is 0.287 e. The maximum atomic E-state index is 12.3. The fourth-order valence-electron chi connectivity index (χ4n) is 2.03. The molecule has 0 aliphatic carbocycles. The van der Waals surface area contributed by atoms with Crippen LogP contribution in [0, 0.1) is 0 Å². The van der Waals surface area contributed by atoms with Crippen LogP contribution in [0.2, 0.25) is 0 Å². The Kier molecular flexibility index (Phi) is 5.54. The zero-order valence-corrected chi connectivity index (χ0v) is 14.8. The van der Waals surface area contributed by atoms with Crippen LogP contribution < -0.4 is 10.9 Å². The van der Waals surface area contributed by atoms with Gasteiger partial charge in [0.05, 0.1) is 11.3 Å². The van der Waals surface area contributed by atoms with Crippen LogP contribution in [0.5, 0.6) is 0 Å². The van der Waals surface area contributed by atoms with Gasteiger partial charge in [0.15, 0.2) is 0 Å². The molecule has 0 unspecified atom stereocenters. The summed E-state index contributed by atoms with van der Waals surface area (Å²) in [6.45, 7) is 6.51. The first kappa shape index (κ1) is 17.2. The van der Waals surface area contributed by atoms with Crippen LogP contribution in [0.1, 0.15) is 53.2 Å². The van der Waals surface area contributed by atoms with E-state index in [9.17, 15) is 9.59 Å². The molecule has 0 saturated carbocycles. The molecule has 0 fully saturated rings. The molecule has 0 spiro atoms. The Morgan fingerprint density at radius 1 is 1.22 bits per heavy atom. The number of aromatic nitrogens is 2. The minimum absolute atomic E-state index is 0.226. The fraction of sp³-hybridized carbons (Fsp3) is 0.312. The lowest BCUT2D eigenvalue weighted by molar-refractivity contribution is 0.0840. The molecule has 2 N–H and O–H groups in total. The molecule has 7 heteroatoms. The van der Waals surface area contributed by atoms with Crippen molar-refractivity contribution in [2.24, 2.45) is 0 Å². The predicted molar refractivity (Wildman–Crippen MR) is 91.1 cm³/mol. The summed E-state index contributed by atoms with van der Waals surface area (Å²) in [5, 5.41) is 4.38. The molecule has 122 valence electrons. The summed E-state index contributed by atoms with van der Waals surface area (Å²) in [5.74, 6) is -0.562. The molecular weight excluding hydrogens is 360 g/mol. The number of hydrogen-bond donors (Lipinski definition) is 2. The zero-order chi connectivity index (χ0) is 17.0. The van der Waals surface area contributed by atoms with Crippen LogP contribution >= 0.6 is 15.9 Å². The number of hydrazine groups is 1. The number of carbonyl (C=O) groups is 2. The van der Waals surface area contributed by atoms with E-state index in [0.717, 1.165) is 5.69 Å². The summed E-state index contributed by atoms with van der Waals surface area (Å²) in [7, 11) is 0. The van der Waals surface area contributed by atoms with Crippen LogP contribution in [0.3, 0.4) is 0 Å². The average Bonchev–Trinajstić information content (AvgIpc) is 2.97. The number of nitrogens with one attached hydrogen (secondary N) is 2. The number of benzene rings is 1. The van der Waals surface area contributed by atoms with E-state index in [1.54, 1.807) is 28.9 Å². The first-order chi connectivity index (χ1) is 10.9. The number of carbonyl (C=O) groups excluding carboxylic acids is 2. The highest BCUT2D eigenvalue weighted by molar-refractivity contribution is 9.10. The van der Waals surface area contributed by atoms with E-state index < -0.39 is 11.8 Å². The summed E-state index contributed by atoms with van der Waals surface area (Å²) in [5.41, 5.74) is 6.56. The Bertz CT molecular complexity index is 725. The van der Waals surface area contributed by atoms with Gasteiger partial charge < -0.3 is 0 Å². The minimum atomic E-state index is -0.397. The second-order valence-corrected chi connectivity index (χ2v) is 6.17. The number of nitrogens with zero attached hydrogens (tertiary/aromatic N) is 2. The van der Waals surface area contributed by atoms with Gasteiger partial charge in [-0.2, -0.15) is 5.10 Å². The number of amides is 2. The quantitative estimate of drug-likeness (QED) is 0.803. The minimum Gasteiger partial charge on any atom is -0.267 e. The van der Waals surface area contributed by atoms with Crippen molar-refractivity contribution < 1.29 is 9.59 Å². The molecule has 1 heterocycles. The Balaban J connectivity index is 2.08. The largest absolute Gasteiger partial charge is 0.287 e. The van der Waals surface area contributed by atoms with Gasteiger partial charge in [0.1, 0.15) is 5.69 Å². The van der Waals surface area contributed by atoms with Gasteiger partial charge in [-0.15, -0.1) is 0 Å². The van der Waals surface area contributed by atoms with Gasteiger partial charge in [0, 0.05) is 11.0 Å². The molecule has 0 bridgehead atoms. The van der Waals surface area contributed by atoms with Crippen molar-refractivity contribution in [1.29, 1.82) is 0 Å². The molecule has 2 aromatic rings. The van der Waals surface area contributed by atoms with E-state index in [2.05, 4.69) is 31.9 Å². The third-order valence-electron chi connectivity index (χ3n) is 3.33. The molecule has 23 heavy (non-hydrogen) atoms. The third kappa shape index (κ3) is 3.98. The van der Waals surface area contributed by atoms with Crippen molar-refractivity contribution in [3.63, 3.8) is 0 Å². The van der Waals surface area contributed by atoms with Gasteiger partial charge in [0.25, 0.3) is 11.8 Å². The molecule has 1 aromatic heterocycles. The van der Waals surface area contributed by atoms with E-state index in [0.29, 0.717) is 22.3 Å². The van der Waals surface area contributed by atoms with E-state index in [1.807, 2.05) is 26.8 Å². The zero-order valence-electron chi connectivity index (χ0n) is 13.3. The Morgan fingerprint density at radius 2 is 1.87 bits per heavy atom. The SMILES string of the molecule is CCn1nc(C(C)C)cc1C(=O)NNC(=O)c1ccccc1Br. The number of aryl methyl sites for hydroxylation is 1. The molecule has 6 nitrogen and oxygen atoms in total. The van der Waals surface area contributed by atoms with Gasteiger partial charge in [-0.1, -0.05) is 26.0 Å². The predicted octanol–water partition coefficient (Wildman–Crippen LogP) is 2.86. The van der Waals surface area contributed by atoms with Crippen molar-refractivity contribution in [1.82, 2.24) is 20.6 Å². The second kappa shape index (κ2) is 7.41. The molecule has 1 aromatic carbocycles. The Morgan fingerprint density at radius 3 is 2.48 bits per heavy atom. The molecule has 0 aliphatic heterocycles. The molecule has 0 atom stereocenters. The van der Waals surface area contributed by atoms with Crippen LogP contribution in [0.25, 0.3) is 0 Å². The summed E-state index contributed by atoms with van der Waals surface area (Å²) in [4.78, 5) is 24.4. The van der Waals surface area contributed by atoms with Gasteiger partial charge in [-0.05, 0) is 47.0 Å². The molecule has 0 saturated heterocycles. The number of halogens is 1. The number of hydrogen-bond acceptors (Lipinski definition) is 3. The smallest absolute Gasteiger partial charge is 0.267 e. The second-order valence-electron chi connectivity index (χ2n) is 5.31. The van der Waals surface area contributed by atoms with E-state index >= 15 is 0 Å². The molecule has 2 amide bonds. The van der Waals surface area contributed by atoms with Crippen molar-refractivity contribution in [3.05, 3.63) is 51.8 Å². The summed E-state index contributed by atoms with van der Waals surface area (Å²) >= 11 is 3.30. The normalized spacial score (nSPS) is 10.7. The van der Waals surface area contributed by atoms with Crippen molar-refractivity contribution in [2.75, 3.05) is 0 Å². The highest BCUT2D eigenvalue weighted by Crippen LogP contribution is 2.16. The summed E-state index contributed by atoms with van der Waals surface area (Å²) in [6, 6.07) is 8.74. The van der Waals surface area contributed by atoms with Crippen LogP contribution in [0.15, 0.2) is 34.8 Å². The van der Waals surface area contributed by atoms with Crippen molar-refractivity contribution in [3.8, 4) is 0 Å². The fourth-order valence-corrected chi connectivity index (χ4v) is 2.50. The lowest BCUT2D eigenvalue weighted by Crippen LogP contribution is -2.42. The monoisotopic (exact) mass is 378 g/mol. The lowest BCUT2D eigenvalue weighted by atomic mass is 10.1. The molecule has 2 rings (SSSR count). The summed E-state index contributed by atoms with van der Waals surface area (Å²) < 4.78 is 2.28. The highest BCUT2D eigenvalue weighted by atomic mass is 79.9. The molecule has 0 radical (unpaired) electrons. The van der Waals surface area contributed by atoms with Gasteiger partial charge in [0.2, 0.25) is 0 Å². The van der Waals surface area contributed by atoms with Crippen molar-refractivity contribution >= 4 is 27.7 Å². The topological polar surface area (TPSA) is 76.0 Å². The van der Waals surface area contributed by atoms with Gasteiger partial charge in [-0.25, -0.2) is 0 Å². The van der Waals surface area contributed by atoms with Gasteiger partial charge >= 0.3 is 0 Å². The average molecular weight is 379 g/mol. The third-order valence-corrected chi connectivity index (χ3v) is 4.02. The van der Waals surface area contributed by atoms with Gasteiger partial charge in [-0.3, -0.25) is 25.1 Å². The molecule has 0 aliphatic rings. The Hall–Kier alpha value is -2.15. The lowest BCUT2D eigenvalue weighted by Gasteiger charge is -2.09. The first-order valence-corrected chi connectivity index (χ1v) is 8.16. The standard InChI is InChI=1S/C16H19BrN4O2/c1-4-21-14(9-13(20-21)10(2)3)16(23)19-18-15(22)11-7-5-6-8-12(11)17/h5-10H,4H2,1-3H3,(H,18,22)(H,19,23). The maximum absolute atomic E-state index is 12.3. The summed E-state index contributed by atoms with van der Waals surface area (Å²) in [6.07, 6.45) is 0. The first-order valence-electron chi connectivity index (χ1n) is 7.37.